The van der Waals surface area contributed by atoms with E-state index in [2.05, 4.69) is 48.1 Å². The molecule has 28 heavy (non-hydrogen) atoms. The molecule has 0 unspecified atom stereocenters. The van der Waals surface area contributed by atoms with E-state index >= 15 is 0 Å². The third-order valence-corrected chi connectivity index (χ3v) is 7.05. The Morgan fingerprint density at radius 2 is 1.07 bits per heavy atom. The van der Waals surface area contributed by atoms with Crippen LogP contribution in [0.5, 0.6) is 0 Å². The Morgan fingerprint density at radius 3 is 1.43 bits per heavy atom. The molecule has 0 aromatic heterocycles. The third-order valence-electron chi connectivity index (χ3n) is 7.05. The van der Waals surface area contributed by atoms with Crippen molar-refractivity contribution in [2.45, 2.75) is 90.4 Å². The smallest absolute Gasteiger partial charge is 0.237 e. The maximum Gasteiger partial charge on any atom is 0.237 e. The van der Waals surface area contributed by atoms with Crippen molar-refractivity contribution in [3.63, 3.8) is 0 Å². The zero-order chi connectivity index (χ0) is 20.3. The van der Waals surface area contributed by atoms with Gasteiger partial charge in [0.25, 0.3) is 0 Å². The summed E-state index contributed by atoms with van der Waals surface area (Å²) in [5.41, 5.74) is 0. The van der Waals surface area contributed by atoms with E-state index in [1.165, 1.54) is 0 Å². The fraction of sp³-hybridized carbons (Fsp3) is 0.909. The van der Waals surface area contributed by atoms with E-state index in [4.69, 9.17) is 0 Å². The van der Waals surface area contributed by atoms with Gasteiger partial charge in [-0.25, -0.2) is 0 Å². The van der Waals surface area contributed by atoms with Gasteiger partial charge in [-0.05, 0) is 63.5 Å². The number of nitrogens with one attached hydrogen (secondary N) is 2. The van der Waals surface area contributed by atoms with Crippen molar-refractivity contribution in [3.8, 4) is 0 Å². The Morgan fingerprint density at radius 1 is 0.679 bits per heavy atom. The molecule has 160 valence electrons. The van der Waals surface area contributed by atoms with E-state index in [0.717, 1.165) is 64.7 Å². The minimum atomic E-state index is -0.00719. The topological polar surface area (TPSA) is 64.7 Å². The van der Waals surface area contributed by atoms with E-state index in [-0.39, 0.29) is 36.0 Å². The maximum atomic E-state index is 13.0. The monoisotopic (exact) mass is 392 g/mol. The molecular formula is C22H40N4O2. The predicted octanol–water partition coefficient (Wildman–Crippen LogP) is 1.99. The summed E-state index contributed by atoms with van der Waals surface area (Å²) in [4.78, 5) is 30.7. The van der Waals surface area contributed by atoms with Crippen LogP contribution in [0.4, 0.5) is 0 Å². The average molecular weight is 393 g/mol. The molecule has 6 heteroatoms. The first-order chi connectivity index (χ1) is 13.4. The number of carbonyl (C=O) groups excluding carboxylic acids is 2. The van der Waals surface area contributed by atoms with Crippen molar-refractivity contribution >= 4 is 11.8 Å². The summed E-state index contributed by atoms with van der Waals surface area (Å²) in [5.74, 6) is 1.20. The van der Waals surface area contributed by atoms with Crippen molar-refractivity contribution in [1.29, 1.82) is 0 Å². The molecular weight excluding hydrogens is 352 g/mol. The number of fused-ring (bicyclic) bond motifs is 2. The van der Waals surface area contributed by atoms with Crippen LogP contribution in [0, 0.1) is 11.8 Å². The Kier molecular flexibility index (Phi) is 7.37. The molecule has 0 bridgehead atoms. The van der Waals surface area contributed by atoms with Crippen LogP contribution in [-0.2, 0) is 9.59 Å². The van der Waals surface area contributed by atoms with Crippen LogP contribution in [0.1, 0.15) is 66.2 Å². The Labute approximate surface area is 170 Å². The molecule has 4 atom stereocenters. The van der Waals surface area contributed by atoms with Gasteiger partial charge in [-0.1, -0.05) is 27.7 Å². The van der Waals surface area contributed by atoms with E-state index < -0.39 is 0 Å². The molecule has 3 aliphatic rings. The molecule has 3 heterocycles. The minimum absolute atomic E-state index is 0.00719. The highest BCUT2D eigenvalue weighted by Crippen LogP contribution is 2.23. The van der Waals surface area contributed by atoms with Crippen molar-refractivity contribution < 1.29 is 9.59 Å². The normalized spacial score (nSPS) is 34.1. The summed E-state index contributed by atoms with van der Waals surface area (Å²) in [6.07, 6.45) is 5.88. The maximum absolute atomic E-state index is 13.0. The fourth-order valence-electron chi connectivity index (χ4n) is 5.09. The Hall–Kier alpha value is -1.14. The van der Waals surface area contributed by atoms with Gasteiger partial charge in [0.1, 0.15) is 0 Å². The first-order valence-corrected chi connectivity index (χ1v) is 11.5. The molecule has 3 fully saturated rings. The lowest BCUT2D eigenvalue weighted by Gasteiger charge is -2.33. The molecule has 0 saturated carbocycles. The number of carbonyl (C=O) groups is 2. The summed E-state index contributed by atoms with van der Waals surface area (Å²) in [6, 6.07) is 0.329. The van der Waals surface area contributed by atoms with E-state index in [1.54, 1.807) is 0 Å². The third kappa shape index (κ3) is 5.07. The van der Waals surface area contributed by atoms with Gasteiger partial charge in [-0.15, -0.1) is 0 Å². The minimum Gasteiger partial charge on any atom is -0.352 e. The molecule has 0 aromatic rings. The fourth-order valence-corrected chi connectivity index (χ4v) is 5.09. The van der Waals surface area contributed by atoms with Crippen LogP contribution in [-0.4, -0.2) is 72.0 Å². The highest BCUT2D eigenvalue weighted by molar-refractivity contribution is 5.83. The molecule has 0 radical (unpaired) electrons. The lowest BCUT2D eigenvalue weighted by Crippen LogP contribution is -2.53. The molecule has 3 rings (SSSR count). The Balaban J connectivity index is 1.79. The van der Waals surface area contributed by atoms with Gasteiger partial charge >= 0.3 is 0 Å². The van der Waals surface area contributed by atoms with Gasteiger partial charge in [-0.3, -0.25) is 19.4 Å². The van der Waals surface area contributed by atoms with Crippen LogP contribution in [0.25, 0.3) is 0 Å². The lowest BCUT2D eigenvalue weighted by molar-refractivity contribution is -0.128. The number of amides is 2. The van der Waals surface area contributed by atoms with Crippen LogP contribution in [0.2, 0.25) is 0 Å². The summed E-state index contributed by atoms with van der Waals surface area (Å²) < 4.78 is 0. The zero-order valence-corrected chi connectivity index (χ0v) is 18.2. The molecule has 0 aromatic carbocycles. The number of rotatable bonds is 2. The highest BCUT2D eigenvalue weighted by atomic mass is 16.2. The quantitative estimate of drug-likeness (QED) is 0.754. The second-order valence-electron chi connectivity index (χ2n) is 9.68. The summed E-state index contributed by atoms with van der Waals surface area (Å²) >= 11 is 0. The standard InChI is InChI=1S/C22H40N4O2/c1-15(2)17-9-13-25-11-6-8-20(25)22(28)24-18(16(3)4)10-14-26-12-5-7-19(26)21(27)23-17/h15-20H,5-14H2,1-4H3,(H,23,27)(H,24,28)/t17-,18-,19-,20-/m0/s1. The average Bonchev–Trinajstić information content (AvgIpc) is 3.29. The van der Waals surface area contributed by atoms with Crippen LogP contribution in [0.3, 0.4) is 0 Å². The lowest BCUT2D eigenvalue weighted by atomic mass is 9.98. The largest absolute Gasteiger partial charge is 0.352 e. The van der Waals surface area contributed by atoms with Crippen LogP contribution < -0.4 is 10.6 Å². The summed E-state index contributed by atoms with van der Waals surface area (Å²) in [6.45, 7) is 12.5. The van der Waals surface area contributed by atoms with Crippen molar-refractivity contribution in [1.82, 2.24) is 20.4 Å². The van der Waals surface area contributed by atoms with Gasteiger partial charge in [0.15, 0.2) is 0 Å². The van der Waals surface area contributed by atoms with Gasteiger partial charge in [0, 0.05) is 25.2 Å². The second kappa shape index (κ2) is 9.57. The second-order valence-corrected chi connectivity index (χ2v) is 9.68. The summed E-state index contributed by atoms with van der Waals surface area (Å²) in [7, 11) is 0. The zero-order valence-electron chi connectivity index (χ0n) is 18.2. The SMILES string of the molecule is CC(C)[C@@H]1CCN2CCC[C@H]2C(=O)N[C@H](C(C)C)CCN2CCC[C@H]2C(=O)N1. The van der Waals surface area contributed by atoms with Crippen molar-refractivity contribution in [2.24, 2.45) is 11.8 Å². The van der Waals surface area contributed by atoms with Gasteiger partial charge < -0.3 is 10.6 Å². The molecule has 6 nitrogen and oxygen atoms in total. The van der Waals surface area contributed by atoms with Crippen molar-refractivity contribution in [2.75, 3.05) is 26.2 Å². The van der Waals surface area contributed by atoms with Gasteiger partial charge in [0.2, 0.25) is 11.8 Å². The molecule has 2 N–H and O–H groups in total. The molecule has 3 aliphatic heterocycles. The predicted molar refractivity (Wildman–Crippen MR) is 112 cm³/mol. The number of nitrogens with zero attached hydrogens (tertiary/aromatic N) is 2. The first-order valence-electron chi connectivity index (χ1n) is 11.5. The molecule has 0 spiro atoms. The van der Waals surface area contributed by atoms with Crippen LogP contribution >= 0.6 is 0 Å². The number of hydrogen-bond donors (Lipinski definition) is 2. The molecule has 2 amide bonds. The molecule has 3 saturated heterocycles. The molecule has 0 aliphatic carbocycles. The van der Waals surface area contributed by atoms with Gasteiger partial charge in [0.05, 0.1) is 12.1 Å². The Bertz CT molecular complexity index is 503. The highest BCUT2D eigenvalue weighted by Gasteiger charge is 2.36. The van der Waals surface area contributed by atoms with E-state index in [1.807, 2.05) is 0 Å². The first kappa shape index (κ1) is 21.6. The van der Waals surface area contributed by atoms with Gasteiger partial charge in [-0.2, -0.15) is 0 Å². The van der Waals surface area contributed by atoms with E-state index in [0.29, 0.717) is 11.8 Å². The van der Waals surface area contributed by atoms with Crippen molar-refractivity contribution in [3.05, 3.63) is 0 Å². The number of hydrogen-bond acceptors (Lipinski definition) is 4. The van der Waals surface area contributed by atoms with Crippen LogP contribution in [0.15, 0.2) is 0 Å². The summed E-state index contributed by atoms with van der Waals surface area (Å²) in [5, 5.41) is 6.72. The van der Waals surface area contributed by atoms with E-state index in [9.17, 15) is 9.59 Å².